The number of anilines is 1. The van der Waals surface area contributed by atoms with Crippen molar-refractivity contribution in [3.05, 3.63) is 47.9 Å². The summed E-state index contributed by atoms with van der Waals surface area (Å²) in [6.45, 7) is 0. The fourth-order valence-corrected chi connectivity index (χ4v) is 1.19. The summed E-state index contributed by atoms with van der Waals surface area (Å²) in [5.74, 6) is -0.269. The van der Waals surface area contributed by atoms with Crippen LogP contribution in [0.3, 0.4) is 0 Å². The molecular formula is C11H7N3O2. The molecule has 0 aliphatic heterocycles. The predicted molar refractivity (Wildman–Crippen MR) is 55.6 cm³/mol. The number of nitrogens with zero attached hydrogens (tertiary/aromatic N) is 2. The highest BCUT2D eigenvalue weighted by Gasteiger charge is 2.09. The van der Waals surface area contributed by atoms with E-state index in [1.807, 2.05) is 6.07 Å². The van der Waals surface area contributed by atoms with E-state index in [1.54, 1.807) is 24.3 Å². The highest BCUT2D eigenvalue weighted by Crippen LogP contribution is 2.11. The quantitative estimate of drug-likeness (QED) is 0.824. The predicted octanol–water partition coefficient (Wildman–Crippen LogP) is 1.80. The van der Waals surface area contributed by atoms with Gasteiger partial charge in [-0.25, -0.2) is 0 Å². The van der Waals surface area contributed by atoms with E-state index in [0.29, 0.717) is 11.3 Å². The molecule has 0 fully saturated rings. The zero-order chi connectivity index (χ0) is 11.4. The largest absolute Gasteiger partial charge is 0.351 e. The molecule has 1 aromatic heterocycles. The van der Waals surface area contributed by atoms with Crippen LogP contribution < -0.4 is 5.32 Å². The van der Waals surface area contributed by atoms with Crippen LogP contribution in [0.25, 0.3) is 0 Å². The van der Waals surface area contributed by atoms with Crippen LogP contribution in [-0.4, -0.2) is 11.1 Å². The molecule has 5 heteroatoms. The maximum atomic E-state index is 11.5. The third kappa shape index (κ3) is 2.07. The highest BCUT2D eigenvalue weighted by atomic mass is 16.5. The molecule has 2 rings (SSSR count). The minimum atomic E-state index is -0.396. The molecule has 1 heterocycles. The normalized spacial score (nSPS) is 9.44. The van der Waals surface area contributed by atoms with Gasteiger partial charge in [-0.3, -0.25) is 4.79 Å². The Morgan fingerprint density at radius 2 is 2.31 bits per heavy atom. The Hall–Kier alpha value is -2.61. The fraction of sp³-hybridized carbons (Fsp3) is 0. The molecule has 1 N–H and O–H groups in total. The first-order valence-corrected chi connectivity index (χ1v) is 4.52. The molecule has 0 radical (unpaired) electrons. The molecule has 5 nitrogen and oxygen atoms in total. The number of hydrogen-bond donors (Lipinski definition) is 1. The van der Waals surface area contributed by atoms with E-state index in [4.69, 9.17) is 9.78 Å². The molecule has 1 amide bonds. The molecule has 16 heavy (non-hydrogen) atoms. The van der Waals surface area contributed by atoms with E-state index in [9.17, 15) is 4.79 Å². The zero-order valence-electron chi connectivity index (χ0n) is 8.18. The molecule has 0 aliphatic rings. The molecule has 0 bridgehead atoms. The number of aromatic nitrogens is 1. The maximum Gasteiger partial charge on any atom is 0.294 e. The molecule has 0 unspecified atom stereocenters. The summed E-state index contributed by atoms with van der Waals surface area (Å²) in [5.41, 5.74) is 1.02. The Morgan fingerprint density at radius 1 is 1.44 bits per heavy atom. The topological polar surface area (TPSA) is 78.9 Å². The molecule has 2 aromatic rings. The average Bonchev–Trinajstić information content (AvgIpc) is 2.83. The Kier molecular flexibility index (Phi) is 2.65. The number of benzene rings is 1. The number of amides is 1. The van der Waals surface area contributed by atoms with Crippen LogP contribution in [0.15, 0.2) is 41.1 Å². The van der Waals surface area contributed by atoms with Gasteiger partial charge >= 0.3 is 0 Å². The van der Waals surface area contributed by atoms with Crippen molar-refractivity contribution in [3.8, 4) is 6.07 Å². The standard InChI is InChI=1S/C11H7N3O2/c12-7-8-2-1-3-9(6-8)14-11(15)10-4-5-13-16-10/h1-6H,(H,14,15). The Balaban J connectivity index is 2.16. The summed E-state index contributed by atoms with van der Waals surface area (Å²) in [6.07, 6.45) is 1.39. The molecule has 0 atom stereocenters. The Labute approximate surface area is 91.3 Å². The van der Waals surface area contributed by atoms with Gasteiger partial charge < -0.3 is 9.84 Å². The number of carbonyl (C=O) groups excluding carboxylic acids is 1. The number of nitrogens with one attached hydrogen (secondary N) is 1. The lowest BCUT2D eigenvalue weighted by Crippen LogP contribution is -2.10. The van der Waals surface area contributed by atoms with E-state index in [2.05, 4.69) is 10.5 Å². The summed E-state index contributed by atoms with van der Waals surface area (Å²) >= 11 is 0. The van der Waals surface area contributed by atoms with Crippen LogP contribution in [0.2, 0.25) is 0 Å². The monoisotopic (exact) mass is 213 g/mol. The fourth-order valence-electron chi connectivity index (χ4n) is 1.19. The second-order valence-corrected chi connectivity index (χ2v) is 3.02. The van der Waals surface area contributed by atoms with Crippen LogP contribution in [0, 0.1) is 11.3 Å². The first kappa shape index (κ1) is 9.93. The van der Waals surface area contributed by atoms with Gasteiger partial charge in [-0.15, -0.1) is 0 Å². The van der Waals surface area contributed by atoms with E-state index in [0.717, 1.165) is 0 Å². The van der Waals surface area contributed by atoms with E-state index in [-0.39, 0.29) is 5.76 Å². The Bertz CT molecular complexity index is 541. The van der Waals surface area contributed by atoms with Crippen LogP contribution in [-0.2, 0) is 0 Å². The highest BCUT2D eigenvalue weighted by molar-refractivity contribution is 6.02. The third-order valence-corrected chi connectivity index (χ3v) is 1.91. The van der Waals surface area contributed by atoms with Crippen LogP contribution in [0.5, 0.6) is 0 Å². The van der Waals surface area contributed by atoms with Crippen molar-refractivity contribution < 1.29 is 9.32 Å². The smallest absolute Gasteiger partial charge is 0.294 e. The van der Waals surface area contributed by atoms with Crippen molar-refractivity contribution in [2.24, 2.45) is 0 Å². The van der Waals surface area contributed by atoms with Crippen molar-refractivity contribution in [2.75, 3.05) is 5.32 Å². The molecule has 0 aliphatic carbocycles. The summed E-state index contributed by atoms with van der Waals surface area (Å²) in [4.78, 5) is 11.5. The minimum Gasteiger partial charge on any atom is -0.351 e. The van der Waals surface area contributed by atoms with Gasteiger partial charge in [-0.1, -0.05) is 11.2 Å². The summed E-state index contributed by atoms with van der Waals surface area (Å²) in [5, 5.41) is 14.7. The number of carbonyl (C=O) groups is 1. The van der Waals surface area contributed by atoms with Gasteiger partial charge in [-0.2, -0.15) is 5.26 Å². The summed E-state index contributed by atoms with van der Waals surface area (Å²) in [7, 11) is 0. The lowest BCUT2D eigenvalue weighted by atomic mass is 10.2. The summed E-state index contributed by atoms with van der Waals surface area (Å²) in [6, 6.07) is 10.1. The second kappa shape index (κ2) is 4.28. The zero-order valence-corrected chi connectivity index (χ0v) is 8.18. The van der Waals surface area contributed by atoms with E-state index in [1.165, 1.54) is 12.3 Å². The van der Waals surface area contributed by atoms with Gasteiger partial charge in [0.25, 0.3) is 5.91 Å². The SMILES string of the molecule is N#Cc1cccc(NC(=O)c2ccno2)c1. The van der Waals surface area contributed by atoms with Crippen molar-refractivity contribution in [3.63, 3.8) is 0 Å². The van der Waals surface area contributed by atoms with Crippen LogP contribution in [0.4, 0.5) is 5.69 Å². The molecule has 0 spiro atoms. The van der Waals surface area contributed by atoms with Crippen molar-refractivity contribution in [2.45, 2.75) is 0 Å². The lowest BCUT2D eigenvalue weighted by Gasteiger charge is -2.01. The molecule has 78 valence electrons. The molecule has 1 aromatic carbocycles. The van der Waals surface area contributed by atoms with Gasteiger partial charge in [0, 0.05) is 11.8 Å². The first-order chi connectivity index (χ1) is 7.79. The van der Waals surface area contributed by atoms with Crippen molar-refractivity contribution in [1.29, 1.82) is 5.26 Å². The van der Waals surface area contributed by atoms with Gasteiger partial charge in [-0.05, 0) is 18.2 Å². The maximum absolute atomic E-state index is 11.5. The number of nitriles is 1. The first-order valence-electron chi connectivity index (χ1n) is 4.52. The molecular weight excluding hydrogens is 206 g/mol. The molecule has 0 saturated carbocycles. The van der Waals surface area contributed by atoms with Crippen molar-refractivity contribution in [1.82, 2.24) is 5.16 Å². The number of rotatable bonds is 2. The van der Waals surface area contributed by atoms with Crippen LogP contribution >= 0.6 is 0 Å². The molecule has 0 saturated heterocycles. The lowest BCUT2D eigenvalue weighted by molar-refractivity contribution is 0.0988. The van der Waals surface area contributed by atoms with Crippen LogP contribution in [0.1, 0.15) is 16.1 Å². The van der Waals surface area contributed by atoms with E-state index < -0.39 is 5.91 Å². The van der Waals surface area contributed by atoms with Gasteiger partial charge in [0.15, 0.2) is 0 Å². The minimum absolute atomic E-state index is 0.127. The van der Waals surface area contributed by atoms with Gasteiger partial charge in [0.2, 0.25) is 5.76 Å². The van der Waals surface area contributed by atoms with Gasteiger partial charge in [0.1, 0.15) is 0 Å². The Morgan fingerprint density at radius 3 is 3.00 bits per heavy atom. The van der Waals surface area contributed by atoms with Crippen molar-refractivity contribution >= 4 is 11.6 Å². The third-order valence-electron chi connectivity index (χ3n) is 1.91. The number of hydrogen-bond acceptors (Lipinski definition) is 4. The average molecular weight is 213 g/mol. The second-order valence-electron chi connectivity index (χ2n) is 3.02. The van der Waals surface area contributed by atoms with Gasteiger partial charge in [0.05, 0.1) is 17.8 Å². The summed E-state index contributed by atoms with van der Waals surface area (Å²) < 4.78 is 4.70. The van der Waals surface area contributed by atoms with E-state index >= 15 is 0 Å².